The summed E-state index contributed by atoms with van der Waals surface area (Å²) in [6.45, 7) is 3.86. The predicted molar refractivity (Wildman–Crippen MR) is 68.3 cm³/mol. The van der Waals surface area contributed by atoms with E-state index in [0.717, 1.165) is 12.8 Å². The van der Waals surface area contributed by atoms with E-state index in [4.69, 9.17) is 5.73 Å². The summed E-state index contributed by atoms with van der Waals surface area (Å²) in [7, 11) is 0. The fourth-order valence-corrected chi connectivity index (χ4v) is 2.23. The largest absolute Gasteiger partial charge is 0.480 e. The maximum Gasteiger partial charge on any atom is 0.326 e. The molecule has 0 radical (unpaired) electrons. The molecule has 3 unspecified atom stereocenters. The molecule has 0 aromatic carbocycles. The Balaban J connectivity index is 2.71. The molecule has 0 bridgehead atoms. The van der Waals surface area contributed by atoms with Crippen LogP contribution in [0.1, 0.15) is 33.1 Å². The van der Waals surface area contributed by atoms with Crippen LogP contribution in [-0.2, 0) is 9.59 Å². The molecule has 3 atom stereocenters. The fraction of sp³-hybridized carbons (Fsp3) is 0.750. The molecule has 1 aliphatic rings. The number of piperidine rings is 1. The number of likely N-dealkylation sites (tertiary alicyclic amines) is 1. The van der Waals surface area contributed by atoms with Gasteiger partial charge >= 0.3 is 12.0 Å². The Bertz CT molecular complexity index is 372. The van der Waals surface area contributed by atoms with Crippen molar-refractivity contribution in [2.24, 2.45) is 11.7 Å². The number of nitrogens with one attached hydrogen (secondary N) is 1. The van der Waals surface area contributed by atoms with Gasteiger partial charge in [-0.3, -0.25) is 4.79 Å². The van der Waals surface area contributed by atoms with Crippen molar-refractivity contribution in [3.8, 4) is 0 Å². The molecule has 0 aliphatic carbocycles. The van der Waals surface area contributed by atoms with Crippen LogP contribution in [0.2, 0.25) is 0 Å². The van der Waals surface area contributed by atoms with Crippen molar-refractivity contribution in [1.29, 1.82) is 0 Å². The minimum Gasteiger partial charge on any atom is -0.480 e. The molecule has 0 aromatic rings. The lowest BCUT2D eigenvalue weighted by Crippen LogP contribution is -2.56. The first-order chi connectivity index (χ1) is 8.86. The summed E-state index contributed by atoms with van der Waals surface area (Å²) in [4.78, 5) is 35.4. The van der Waals surface area contributed by atoms with Crippen molar-refractivity contribution < 1.29 is 19.5 Å². The maximum atomic E-state index is 12.0. The first-order valence-corrected chi connectivity index (χ1v) is 6.46. The molecule has 108 valence electrons. The fourth-order valence-electron chi connectivity index (χ4n) is 2.23. The van der Waals surface area contributed by atoms with Gasteiger partial charge in [0.25, 0.3) is 0 Å². The highest BCUT2D eigenvalue weighted by Crippen LogP contribution is 2.25. The molecule has 0 spiro atoms. The summed E-state index contributed by atoms with van der Waals surface area (Å²) in [5, 5.41) is 11.6. The number of nitrogens with two attached hydrogens (primary N) is 1. The number of carbonyl (C=O) groups excluding carboxylic acids is 2. The van der Waals surface area contributed by atoms with E-state index in [1.54, 1.807) is 0 Å². The zero-order valence-corrected chi connectivity index (χ0v) is 11.3. The first kappa shape index (κ1) is 15.3. The van der Waals surface area contributed by atoms with E-state index in [1.807, 2.05) is 6.92 Å². The van der Waals surface area contributed by atoms with E-state index in [1.165, 1.54) is 11.8 Å². The lowest BCUT2D eigenvalue weighted by molar-refractivity contribution is -0.144. The molecule has 0 saturated carbocycles. The Kier molecular flexibility index (Phi) is 5.14. The minimum atomic E-state index is -1.01. The van der Waals surface area contributed by atoms with Crippen LogP contribution < -0.4 is 11.1 Å². The topological polar surface area (TPSA) is 113 Å². The lowest BCUT2D eigenvalue weighted by Gasteiger charge is -2.37. The summed E-state index contributed by atoms with van der Waals surface area (Å²) in [5.41, 5.74) is 5.06. The van der Waals surface area contributed by atoms with E-state index in [2.05, 4.69) is 5.32 Å². The van der Waals surface area contributed by atoms with Crippen LogP contribution in [0.25, 0.3) is 0 Å². The predicted octanol–water partition coefficient (Wildman–Crippen LogP) is 0.145. The third-order valence-electron chi connectivity index (χ3n) is 3.60. The van der Waals surface area contributed by atoms with Gasteiger partial charge in [0.2, 0.25) is 5.91 Å². The van der Waals surface area contributed by atoms with Gasteiger partial charge in [0.15, 0.2) is 0 Å². The molecule has 3 amide bonds. The van der Waals surface area contributed by atoms with Crippen molar-refractivity contribution in [2.75, 3.05) is 6.54 Å². The van der Waals surface area contributed by atoms with Crippen LogP contribution in [-0.4, -0.2) is 46.5 Å². The van der Waals surface area contributed by atoms with Gasteiger partial charge in [0.1, 0.15) is 12.1 Å². The number of rotatable bonds is 4. The third-order valence-corrected chi connectivity index (χ3v) is 3.60. The lowest BCUT2D eigenvalue weighted by atomic mass is 9.89. The molecular weight excluding hydrogens is 250 g/mol. The molecule has 4 N–H and O–H groups in total. The van der Waals surface area contributed by atoms with Crippen LogP contribution in [0.4, 0.5) is 4.79 Å². The Morgan fingerprint density at radius 2 is 2.11 bits per heavy atom. The molecular formula is C12H21N3O4. The van der Waals surface area contributed by atoms with Crippen molar-refractivity contribution >= 4 is 17.9 Å². The summed E-state index contributed by atoms with van der Waals surface area (Å²) < 4.78 is 0. The average Bonchev–Trinajstić information content (AvgIpc) is 2.37. The third kappa shape index (κ3) is 3.84. The second kappa shape index (κ2) is 6.40. The Morgan fingerprint density at radius 1 is 1.47 bits per heavy atom. The SMILES string of the molecule is CCC1CCN(C(=O)NC(C)C(N)=O)C(C(=O)O)C1. The van der Waals surface area contributed by atoms with Crippen molar-refractivity contribution in [2.45, 2.75) is 45.2 Å². The van der Waals surface area contributed by atoms with E-state index in [9.17, 15) is 19.5 Å². The highest BCUT2D eigenvalue weighted by Gasteiger charge is 2.36. The molecule has 1 rings (SSSR count). The normalized spacial score (nSPS) is 24.6. The van der Waals surface area contributed by atoms with Gasteiger partial charge in [0, 0.05) is 6.54 Å². The molecule has 1 saturated heterocycles. The quantitative estimate of drug-likeness (QED) is 0.675. The average molecular weight is 271 g/mol. The second-order valence-corrected chi connectivity index (χ2v) is 4.92. The molecule has 19 heavy (non-hydrogen) atoms. The second-order valence-electron chi connectivity index (χ2n) is 4.92. The molecule has 1 fully saturated rings. The highest BCUT2D eigenvalue weighted by molar-refractivity contribution is 5.87. The van der Waals surface area contributed by atoms with Gasteiger partial charge in [-0.05, 0) is 25.7 Å². The Morgan fingerprint density at radius 3 is 2.58 bits per heavy atom. The van der Waals surface area contributed by atoms with Crippen LogP contribution >= 0.6 is 0 Å². The van der Waals surface area contributed by atoms with Crippen molar-refractivity contribution in [3.63, 3.8) is 0 Å². The number of aliphatic carboxylic acids is 1. The molecule has 0 aromatic heterocycles. The maximum absolute atomic E-state index is 12.0. The van der Waals surface area contributed by atoms with Crippen LogP contribution in [0.3, 0.4) is 0 Å². The van der Waals surface area contributed by atoms with Gasteiger partial charge < -0.3 is 21.1 Å². The molecule has 1 aliphatic heterocycles. The number of nitrogens with zero attached hydrogens (tertiary/aromatic N) is 1. The number of hydrogen-bond donors (Lipinski definition) is 3. The molecule has 7 heteroatoms. The van der Waals surface area contributed by atoms with Gasteiger partial charge in [-0.1, -0.05) is 13.3 Å². The number of carboxylic acids is 1. The summed E-state index contributed by atoms with van der Waals surface area (Å²) >= 11 is 0. The zero-order valence-electron chi connectivity index (χ0n) is 11.3. The molecule has 7 nitrogen and oxygen atoms in total. The van der Waals surface area contributed by atoms with Crippen LogP contribution in [0.5, 0.6) is 0 Å². The van der Waals surface area contributed by atoms with E-state index >= 15 is 0 Å². The van der Waals surface area contributed by atoms with Gasteiger partial charge in [-0.2, -0.15) is 0 Å². The van der Waals surface area contributed by atoms with Gasteiger partial charge in [-0.25, -0.2) is 9.59 Å². The Labute approximate surface area is 112 Å². The standard InChI is InChI=1S/C12H21N3O4/c1-3-8-4-5-15(9(6-8)11(17)18)12(19)14-7(2)10(13)16/h7-9H,3-6H2,1-2H3,(H2,13,16)(H,14,19)(H,17,18). The highest BCUT2D eigenvalue weighted by atomic mass is 16.4. The Hall–Kier alpha value is -1.79. The van der Waals surface area contributed by atoms with Gasteiger partial charge in [-0.15, -0.1) is 0 Å². The van der Waals surface area contributed by atoms with Crippen molar-refractivity contribution in [1.82, 2.24) is 10.2 Å². The summed E-state index contributed by atoms with van der Waals surface area (Å²) in [5.74, 6) is -1.34. The number of hydrogen-bond acceptors (Lipinski definition) is 3. The number of urea groups is 1. The minimum absolute atomic E-state index is 0.318. The van der Waals surface area contributed by atoms with Gasteiger partial charge in [0.05, 0.1) is 0 Å². The monoisotopic (exact) mass is 271 g/mol. The van der Waals surface area contributed by atoms with E-state index < -0.39 is 30.0 Å². The number of amides is 3. The van der Waals surface area contributed by atoms with Crippen LogP contribution in [0, 0.1) is 5.92 Å². The summed E-state index contributed by atoms with van der Waals surface area (Å²) in [6, 6.07) is -2.20. The van der Waals surface area contributed by atoms with Crippen molar-refractivity contribution in [3.05, 3.63) is 0 Å². The van der Waals surface area contributed by atoms with E-state index in [-0.39, 0.29) is 0 Å². The molecule has 1 heterocycles. The smallest absolute Gasteiger partial charge is 0.326 e. The van der Waals surface area contributed by atoms with Crippen LogP contribution in [0.15, 0.2) is 0 Å². The number of primary amides is 1. The number of carboxylic acid groups (broad SMARTS) is 1. The zero-order chi connectivity index (χ0) is 14.6. The van der Waals surface area contributed by atoms with E-state index in [0.29, 0.717) is 18.9 Å². The number of carbonyl (C=O) groups is 3. The first-order valence-electron chi connectivity index (χ1n) is 6.46. The summed E-state index contributed by atoms with van der Waals surface area (Å²) in [6.07, 6.45) is 2.12.